The predicted octanol–water partition coefficient (Wildman–Crippen LogP) is 4.78. The summed E-state index contributed by atoms with van der Waals surface area (Å²) in [5.41, 5.74) is 2.56. The van der Waals surface area contributed by atoms with Crippen LogP contribution < -0.4 is 10.7 Å². The Hall–Kier alpha value is -3.45. The van der Waals surface area contributed by atoms with E-state index in [2.05, 4.69) is 5.32 Å². The van der Waals surface area contributed by atoms with Crippen LogP contribution in [0.4, 0.5) is 0 Å². The number of ketones is 1. The standard InChI is InChI=1S/C26H23NO5S/c1-3-31-26(30)22-14(2)27-18-11-15(21-9-6-10-33-21)12-19(28)24(18)23(22)17-13-32-20-8-5-4-7-16(20)25(17)29/h4-10,13,15,23,27H,3,11-12H2,1-2H3/t15-,23-/m1/s1. The van der Waals surface area contributed by atoms with Crippen molar-refractivity contribution in [3.8, 4) is 0 Å². The maximum Gasteiger partial charge on any atom is 0.336 e. The summed E-state index contributed by atoms with van der Waals surface area (Å²) in [5, 5.41) is 5.71. The van der Waals surface area contributed by atoms with Crippen molar-refractivity contribution in [3.63, 3.8) is 0 Å². The molecule has 3 heterocycles. The van der Waals surface area contributed by atoms with Crippen LogP contribution in [0.5, 0.6) is 0 Å². The van der Waals surface area contributed by atoms with Gasteiger partial charge in [-0.25, -0.2) is 4.79 Å². The van der Waals surface area contributed by atoms with Gasteiger partial charge in [-0.1, -0.05) is 18.2 Å². The zero-order chi connectivity index (χ0) is 23.1. The molecule has 0 saturated heterocycles. The first-order valence-corrected chi connectivity index (χ1v) is 11.8. The molecule has 0 saturated carbocycles. The molecule has 0 spiro atoms. The fourth-order valence-corrected chi connectivity index (χ4v) is 5.68. The number of hydrogen-bond acceptors (Lipinski definition) is 7. The average molecular weight is 462 g/mol. The quantitative estimate of drug-likeness (QED) is 0.563. The van der Waals surface area contributed by atoms with Gasteiger partial charge in [-0.05, 0) is 43.8 Å². The van der Waals surface area contributed by atoms with Gasteiger partial charge in [0, 0.05) is 39.7 Å². The van der Waals surface area contributed by atoms with E-state index in [4.69, 9.17) is 9.15 Å². The fraction of sp³-hybridized carbons (Fsp3) is 0.269. The van der Waals surface area contributed by atoms with Crippen molar-refractivity contribution in [2.45, 2.75) is 38.5 Å². The zero-order valence-electron chi connectivity index (χ0n) is 18.3. The van der Waals surface area contributed by atoms with Crippen LogP contribution in [-0.4, -0.2) is 18.4 Å². The van der Waals surface area contributed by atoms with Gasteiger partial charge in [0.25, 0.3) is 0 Å². The van der Waals surface area contributed by atoms with Gasteiger partial charge in [0.2, 0.25) is 0 Å². The number of hydrogen-bond donors (Lipinski definition) is 1. The molecule has 168 valence electrons. The van der Waals surface area contributed by atoms with Crippen molar-refractivity contribution in [2.75, 3.05) is 6.61 Å². The van der Waals surface area contributed by atoms with Crippen molar-refractivity contribution in [1.82, 2.24) is 5.32 Å². The molecule has 0 unspecified atom stereocenters. The molecule has 7 heteroatoms. The number of Topliss-reactive ketones (excluding diaryl/α,β-unsaturated/α-hetero) is 1. The Morgan fingerprint density at radius 1 is 1.18 bits per heavy atom. The number of nitrogens with one attached hydrogen (secondary N) is 1. The molecule has 0 radical (unpaired) electrons. The van der Waals surface area contributed by atoms with E-state index in [-0.39, 0.29) is 34.9 Å². The van der Waals surface area contributed by atoms with Crippen LogP contribution in [0, 0.1) is 0 Å². The van der Waals surface area contributed by atoms with Crippen molar-refractivity contribution in [1.29, 1.82) is 0 Å². The summed E-state index contributed by atoms with van der Waals surface area (Å²) >= 11 is 1.63. The van der Waals surface area contributed by atoms with Crippen LogP contribution in [0.25, 0.3) is 11.0 Å². The lowest BCUT2D eigenvalue weighted by Gasteiger charge is -2.36. The highest BCUT2D eigenvalue weighted by atomic mass is 32.1. The second-order valence-electron chi connectivity index (χ2n) is 8.27. The van der Waals surface area contributed by atoms with Crippen LogP contribution in [-0.2, 0) is 14.3 Å². The Morgan fingerprint density at radius 3 is 2.76 bits per heavy atom. The molecule has 2 aromatic heterocycles. The Morgan fingerprint density at radius 2 is 2.00 bits per heavy atom. The number of dihydropyridines is 1. The number of allylic oxidation sites excluding steroid dienone is 3. The van der Waals surface area contributed by atoms with Crippen LogP contribution in [0.1, 0.15) is 49.0 Å². The molecule has 0 bridgehead atoms. The summed E-state index contributed by atoms with van der Waals surface area (Å²) in [4.78, 5) is 41.2. The van der Waals surface area contributed by atoms with Crippen LogP contribution in [0.15, 0.2) is 79.8 Å². The number of rotatable bonds is 4. The smallest absolute Gasteiger partial charge is 0.336 e. The summed E-state index contributed by atoms with van der Waals surface area (Å²) < 4.78 is 11.1. The second kappa shape index (κ2) is 8.48. The highest BCUT2D eigenvalue weighted by Crippen LogP contribution is 2.45. The molecule has 1 aliphatic carbocycles. The van der Waals surface area contributed by atoms with Gasteiger partial charge >= 0.3 is 5.97 Å². The van der Waals surface area contributed by atoms with Crippen LogP contribution in [0.2, 0.25) is 0 Å². The minimum absolute atomic E-state index is 0.0642. The van der Waals surface area contributed by atoms with E-state index in [0.717, 1.165) is 10.6 Å². The minimum atomic E-state index is -0.835. The molecule has 5 rings (SSSR count). The van der Waals surface area contributed by atoms with E-state index < -0.39 is 11.9 Å². The number of thiophene rings is 1. The molecule has 6 nitrogen and oxygen atoms in total. The van der Waals surface area contributed by atoms with Crippen molar-refractivity contribution >= 4 is 34.1 Å². The van der Waals surface area contributed by atoms with Crippen molar-refractivity contribution < 1.29 is 18.7 Å². The van der Waals surface area contributed by atoms with Crippen molar-refractivity contribution in [3.05, 3.63) is 91.2 Å². The summed E-state index contributed by atoms with van der Waals surface area (Å²) in [6, 6.07) is 11.0. The lowest BCUT2D eigenvalue weighted by Crippen LogP contribution is -2.37. The first kappa shape index (κ1) is 21.4. The number of carbonyl (C=O) groups excluding carboxylic acids is 2. The zero-order valence-corrected chi connectivity index (χ0v) is 19.2. The Bertz CT molecular complexity index is 1380. The molecule has 1 aromatic carbocycles. The molecule has 2 atom stereocenters. The van der Waals surface area contributed by atoms with Gasteiger partial charge in [0.1, 0.15) is 5.58 Å². The van der Waals surface area contributed by atoms with Crippen molar-refractivity contribution in [2.24, 2.45) is 0 Å². The number of fused-ring (bicyclic) bond motifs is 1. The van der Waals surface area contributed by atoms with Gasteiger partial charge in [-0.15, -0.1) is 11.3 Å². The van der Waals surface area contributed by atoms with E-state index in [1.807, 2.05) is 17.5 Å². The maximum atomic E-state index is 13.5. The number of para-hydroxylation sites is 1. The number of benzene rings is 1. The van der Waals surface area contributed by atoms with E-state index in [1.54, 1.807) is 49.4 Å². The van der Waals surface area contributed by atoms with Gasteiger partial charge in [-0.3, -0.25) is 9.59 Å². The van der Waals surface area contributed by atoms with Gasteiger partial charge in [0.05, 0.1) is 29.7 Å². The average Bonchev–Trinajstić information content (AvgIpc) is 3.34. The van der Waals surface area contributed by atoms with Crippen LogP contribution in [0.3, 0.4) is 0 Å². The molecule has 33 heavy (non-hydrogen) atoms. The lowest BCUT2D eigenvalue weighted by molar-refractivity contribution is -0.138. The maximum absolute atomic E-state index is 13.5. The van der Waals surface area contributed by atoms with Gasteiger partial charge in [-0.2, -0.15) is 0 Å². The summed E-state index contributed by atoms with van der Waals surface area (Å²) in [7, 11) is 0. The first-order valence-electron chi connectivity index (χ1n) is 10.9. The molecule has 0 fully saturated rings. The number of ether oxygens (including phenoxy) is 1. The molecule has 0 amide bonds. The third kappa shape index (κ3) is 3.62. The molecule has 1 aliphatic heterocycles. The van der Waals surface area contributed by atoms with Gasteiger partial charge < -0.3 is 14.5 Å². The first-order chi connectivity index (χ1) is 16.0. The highest BCUT2D eigenvalue weighted by Gasteiger charge is 2.42. The summed E-state index contributed by atoms with van der Waals surface area (Å²) in [6.07, 6.45) is 2.34. The van der Waals surface area contributed by atoms with E-state index >= 15 is 0 Å². The van der Waals surface area contributed by atoms with Gasteiger partial charge in [0.15, 0.2) is 11.2 Å². The highest BCUT2D eigenvalue weighted by molar-refractivity contribution is 7.10. The topological polar surface area (TPSA) is 85.6 Å². The Balaban J connectivity index is 1.69. The third-order valence-electron chi connectivity index (χ3n) is 6.29. The normalized spacial score (nSPS) is 20.6. The fourth-order valence-electron chi connectivity index (χ4n) is 4.85. The monoisotopic (exact) mass is 461 g/mol. The van der Waals surface area contributed by atoms with E-state index in [1.165, 1.54) is 6.26 Å². The number of carbonyl (C=O) groups is 2. The Labute approximate surface area is 194 Å². The number of esters is 1. The largest absolute Gasteiger partial charge is 0.464 e. The summed E-state index contributed by atoms with van der Waals surface area (Å²) in [6.45, 7) is 3.70. The van der Waals surface area contributed by atoms with Crippen LogP contribution >= 0.6 is 11.3 Å². The molecule has 2 aliphatic rings. The molecule has 3 aromatic rings. The predicted molar refractivity (Wildman–Crippen MR) is 126 cm³/mol. The summed E-state index contributed by atoms with van der Waals surface area (Å²) in [5.74, 6) is -1.39. The molecular weight excluding hydrogens is 438 g/mol. The molecular formula is C26H23NO5S. The SMILES string of the molecule is CCOC(=O)C1=C(C)NC2=C(C(=O)C[C@H](c3cccs3)C2)[C@@H]1c1coc2ccccc2c1=O. The third-order valence-corrected chi connectivity index (χ3v) is 7.32. The minimum Gasteiger partial charge on any atom is -0.464 e. The lowest BCUT2D eigenvalue weighted by atomic mass is 9.73. The van der Waals surface area contributed by atoms with E-state index in [9.17, 15) is 14.4 Å². The Kier molecular flexibility index (Phi) is 5.50. The van der Waals surface area contributed by atoms with E-state index in [0.29, 0.717) is 35.1 Å². The molecule has 1 N–H and O–H groups in total. The second-order valence-corrected chi connectivity index (χ2v) is 9.25.